The van der Waals surface area contributed by atoms with E-state index in [1.807, 2.05) is 6.92 Å². The van der Waals surface area contributed by atoms with E-state index >= 15 is 0 Å². The van der Waals surface area contributed by atoms with E-state index in [0.29, 0.717) is 18.9 Å². The molecule has 0 bridgehead atoms. The maximum Gasteiger partial charge on any atom is 0.416 e. The van der Waals surface area contributed by atoms with E-state index in [0.717, 1.165) is 18.2 Å². The topological polar surface area (TPSA) is 72.2 Å². The Kier molecular flexibility index (Phi) is 5.55. The van der Waals surface area contributed by atoms with Crippen LogP contribution in [0.15, 0.2) is 29.2 Å². The third kappa shape index (κ3) is 4.77. The van der Waals surface area contributed by atoms with Gasteiger partial charge in [-0.25, -0.2) is 13.1 Å². The number of halogens is 3. The Labute approximate surface area is 116 Å². The number of hydrogen-bond acceptors (Lipinski definition) is 3. The summed E-state index contributed by atoms with van der Waals surface area (Å²) in [6.45, 7) is 1.96. The zero-order chi connectivity index (χ0) is 15.4. The summed E-state index contributed by atoms with van der Waals surface area (Å²) >= 11 is 0. The van der Waals surface area contributed by atoms with Gasteiger partial charge in [0.05, 0.1) is 10.5 Å². The monoisotopic (exact) mass is 310 g/mol. The molecule has 0 amide bonds. The molecule has 1 aromatic carbocycles. The number of nitrogens with one attached hydrogen (secondary N) is 1. The second-order valence-corrected chi connectivity index (χ2v) is 6.15. The lowest BCUT2D eigenvalue weighted by Crippen LogP contribution is -2.30. The van der Waals surface area contributed by atoms with Crippen molar-refractivity contribution in [2.45, 2.75) is 36.9 Å². The minimum atomic E-state index is -4.57. The second kappa shape index (κ2) is 6.55. The van der Waals surface area contributed by atoms with Gasteiger partial charge in [-0.15, -0.1) is 0 Å². The summed E-state index contributed by atoms with van der Waals surface area (Å²) in [5.41, 5.74) is 4.64. The molecule has 1 unspecified atom stereocenters. The Morgan fingerprint density at radius 3 is 2.55 bits per heavy atom. The predicted molar refractivity (Wildman–Crippen MR) is 69.5 cm³/mol. The molecule has 3 N–H and O–H groups in total. The van der Waals surface area contributed by atoms with Gasteiger partial charge in [0.15, 0.2) is 0 Å². The summed E-state index contributed by atoms with van der Waals surface area (Å²) in [4.78, 5) is -0.405. The standard InChI is InChI=1S/C12H17F3N2O2S/c1-2-10(16)6-7-17-20(18,19)11-5-3-4-9(8-11)12(13,14)15/h3-5,8,10,17H,2,6-7,16H2,1H3. The molecule has 0 aliphatic rings. The van der Waals surface area contributed by atoms with E-state index in [1.165, 1.54) is 0 Å². The van der Waals surface area contributed by atoms with Crippen molar-refractivity contribution in [2.24, 2.45) is 5.73 Å². The van der Waals surface area contributed by atoms with Crippen LogP contribution < -0.4 is 10.5 Å². The average Bonchev–Trinajstić information content (AvgIpc) is 2.37. The third-order valence-corrected chi connectivity index (χ3v) is 4.26. The number of sulfonamides is 1. The first kappa shape index (κ1) is 16.9. The van der Waals surface area contributed by atoms with E-state index in [4.69, 9.17) is 5.73 Å². The highest BCUT2D eigenvalue weighted by atomic mass is 32.2. The summed E-state index contributed by atoms with van der Waals surface area (Å²) in [5, 5.41) is 0. The molecule has 0 saturated carbocycles. The average molecular weight is 310 g/mol. The predicted octanol–water partition coefficient (Wildman–Crippen LogP) is 2.11. The van der Waals surface area contributed by atoms with Crippen molar-refractivity contribution in [3.63, 3.8) is 0 Å². The summed E-state index contributed by atoms with van der Waals surface area (Å²) in [6, 6.07) is 3.49. The molecule has 0 heterocycles. The summed E-state index contributed by atoms with van der Waals surface area (Å²) in [7, 11) is -3.95. The van der Waals surface area contributed by atoms with Crippen LogP contribution in [0.25, 0.3) is 0 Å². The van der Waals surface area contributed by atoms with E-state index < -0.39 is 26.7 Å². The first-order chi connectivity index (χ1) is 9.16. The van der Waals surface area contributed by atoms with E-state index in [9.17, 15) is 21.6 Å². The normalized spacial score (nSPS) is 14.2. The fraction of sp³-hybridized carbons (Fsp3) is 0.500. The quantitative estimate of drug-likeness (QED) is 0.845. The molecule has 8 heteroatoms. The van der Waals surface area contributed by atoms with Crippen LogP contribution in [0.1, 0.15) is 25.3 Å². The zero-order valence-corrected chi connectivity index (χ0v) is 11.8. The third-order valence-electron chi connectivity index (χ3n) is 2.80. The molecular weight excluding hydrogens is 293 g/mol. The Morgan fingerprint density at radius 2 is 2.00 bits per heavy atom. The number of rotatable bonds is 6. The van der Waals surface area contributed by atoms with Crippen molar-refractivity contribution in [3.05, 3.63) is 29.8 Å². The fourth-order valence-electron chi connectivity index (χ4n) is 1.51. The maximum absolute atomic E-state index is 12.5. The Hall–Kier alpha value is -1.12. The lowest BCUT2D eigenvalue weighted by molar-refractivity contribution is -0.137. The molecule has 0 aliphatic heterocycles. The molecule has 0 spiro atoms. The van der Waals surface area contributed by atoms with Crippen molar-refractivity contribution < 1.29 is 21.6 Å². The number of nitrogens with two attached hydrogens (primary N) is 1. The van der Waals surface area contributed by atoms with Gasteiger partial charge in [-0.3, -0.25) is 0 Å². The van der Waals surface area contributed by atoms with Crippen LogP contribution in [-0.2, 0) is 16.2 Å². The SMILES string of the molecule is CCC(N)CCNS(=O)(=O)c1cccc(C(F)(F)F)c1. The van der Waals surface area contributed by atoms with Crippen LogP contribution >= 0.6 is 0 Å². The van der Waals surface area contributed by atoms with Crippen LogP contribution in [0.2, 0.25) is 0 Å². The van der Waals surface area contributed by atoms with Gasteiger partial charge in [0, 0.05) is 12.6 Å². The van der Waals surface area contributed by atoms with E-state index in [2.05, 4.69) is 4.72 Å². The van der Waals surface area contributed by atoms with Crippen LogP contribution in [0.5, 0.6) is 0 Å². The van der Waals surface area contributed by atoms with Gasteiger partial charge in [0.2, 0.25) is 10.0 Å². The zero-order valence-electron chi connectivity index (χ0n) is 10.9. The Balaban J connectivity index is 2.83. The first-order valence-corrected chi connectivity index (χ1v) is 7.57. The van der Waals surface area contributed by atoms with Crippen LogP contribution in [-0.4, -0.2) is 21.0 Å². The van der Waals surface area contributed by atoms with Crippen LogP contribution in [0.3, 0.4) is 0 Å². The largest absolute Gasteiger partial charge is 0.416 e. The molecule has 0 aliphatic carbocycles. The summed E-state index contributed by atoms with van der Waals surface area (Å²) in [6.07, 6.45) is -3.45. The Morgan fingerprint density at radius 1 is 1.35 bits per heavy atom. The molecule has 0 radical (unpaired) electrons. The van der Waals surface area contributed by atoms with Gasteiger partial charge in [0.1, 0.15) is 0 Å². The van der Waals surface area contributed by atoms with Crippen molar-refractivity contribution >= 4 is 10.0 Å². The molecule has 1 aromatic rings. The van der Waals surface area contributed by atoms with Gasteiger partial charge >= 0.3 is 6.18 Å². The lowest BCUT2D eigenvalue weighted by Gasteiger charge is -2.12. The molecular formula is C12H17F3N2O2S. The van der Waals surface area contributed by atoms with Crippen LogP contribution in [0, 0.1) is 0 Å². The van der Waals surface area contributed by atoms with E-state index in [-0.39, 0.29) is 12.6 Å². The lowest BCUT2D eigenvalue weighted by atomic mass is 10.2. The molecule has 0 fully saturated rings. The van der Waals surface area contributed by atoms with Crippen molar-refractivity contribution in [2.75, 3.05) is 6.54 Å². The summed E-state index contributed by atoms with van der Waals surface area (Å²) < 4.78 is 63.6. The van der Waals surface area contributed by atoms with Gasteiger partial charge in [0.25, 0.3) is 0 Å². The van der Waals surface area contributed by atoms with Gasteiger partial charge in [-0.2, -0.15) is 13.2 Å². The number of benzene rings is 1. The highest BCUT2D eigenvalue weighted by molar-refractivity contribution is 7.89. The van der Waals surface area contributed by atoms with Crippen LogP contribution in [0.4, 0.5) is 13.2 Å². The van der Waals surface area contributed by atoms with Gasteiger partial charge in [-0.1, -0.05) is 13.0 Å². The molecule has 1 rings (SSSR count). The molecule has 114 valence electrons. The van der Waals surface area contributed by atoms with E-state index in [1.54, 1.807) is 0 Å². The molecule has 20 heavy (non-hydrogen) atoms. The molecule has 1 atom stereocenters. The highest BCUT2D eigenvalue weighted by Crippen LogP contribution is 2.30. The fourth-order valence-corrected chi connectivity index (χ4v) is 2.60. The molecule has 4 nitrogen and oxygen atoms in total. The van der Waals surface area contributed by atoms with Gasteiger partial charge in [-0.05, 0) is 31.0 Å². The number of hydrogen-bond donors (Lipinski definition) is 2. The van der Waals surface area contributed by atoms with Gasteiger partial charge < -0.3 is 5.73 Å². The number of alkyl halides is 3. The molecule has 0 saturated heterocycles. The minimum absolute atomic E-state index is 0.0909. The second-order valence-electron chi connectivity index (χ2n) is 4.38. The smallest absolute Gasteiger partial charge is 0.328 e. The van der Waals surface area contributed by atoms with Crippen molar-refractivity contribution in [3.8, 4) is 0 Å². The van der Waals surface area contributed by atoms with Crippen molar-refractivity contribution in [1.29, 1.82) is 0 Å². The summed E-state index contributed by atoms with van der Waals surface area (Å²) in [5.74, 6) is 0. The molecule has 0 aromatic heterocycles. The minimum Gasteiger partial charge on any atom is -0.328 e. The highest BCUT2D eigenvalue weighted by Gasteiger charge is 2.31. The Bertz CT molecular complexity index is 544. The maximum atomic E-state index is 12.5. The van der Waals surface area contributed by atoms with Crippen molar-refractivity contribution in [1.82, 2.24) is 4.72 Å². The first-order valence-electron chi connectivity index (χ1n) is 6.09.